The first-order valence-corrected chi connectivity index (χ1v) is 2.82. The Kier molecular flexibility index (Phi) is 5.15. The molecule has 0 saturated carbocycles. The van der Waals surface area contributed by atoms with Gasteiger partial charge in [0, 0.05) is 0 Å². The molecule has 0 fully saturated rings. The maximum Gasteiger partial charge on any atom is 0.399 e. The molecule has 0 aliphatic carbocycles. The fraction of sp³-hybridized carbons (Fsp3) is 1.00. The van der Waals surface area contributed by atoms with Crippen molar-refractivity contribution in [2.24, 2.45) is 0 Å². The van der Waals surface area contributed by atoms with E-state index in [1.807, 2.05) is 0 Å². The lowest BCUT2D eigenvalue weighted by Gasteiger charge is -1.91. The quantitative estimate of drug-likeness (QED) is 0.551. The van der Waals surface area contributed by atoms with Crippen molar-refractivity contribution >= 4 is 10.4 Å². The van der Waals surface area contributed by atoms with Gasteiger partial charge in [0.05, 0.1) is 14.2 Å². The summed E-state index contributed by atoms with van der Waals surface area (Å²) in [7, 11) is -1.60. The highest BCUT2D eigenvalue weighted by atomic mass is 32.3. The molecule has 0 aliphatic rings. The Morgan fingerprint density at radius 2 is 1.38 bits per heavy atom. The Bertz CT molecular complexity index is 114. The van der Waals surface area contributed by atoms with Crippen molar-refractivity contribution in [2.75, 3.05) is 14.2 Å². The summed E-state index contributed by atoms with van der Waals surface area (Å²) >= 11 is 0. The van der Waals surface area contributed by atoms with Gasteiger partial charge >= 0.3 is 10.4 Å². The van der Waals surface area contributed by atoms with Crippen LogP contribution in [0, 0.1) is 0 Å². The monoisotopic (exact) mass is 142 g/mol. The molecule has 0 heterocycles. The van der Waals surface area contributed by atoms with Crippen LogP contribution in [0.3, 0.4) is 0 Å². The van der Waals surface area contributed by atoms with Crippen molar-refractivity contribution in [1.29, 1.82) is 0 Å². The zero-order valence-corrected chi connectivity index (χ0v) is 4.86. The molecule has 0 aliphatic heterocycles. The van der Waals surface area contributed by atoms with Gasteiger partial charge in [0.25, 0.3) is 0 Å². The molecule has 52 valence electrons. The van der Waals surface area contributed by atoms with E-state index in [1.54, 1.807) is 0 Å². The molecular formula is C3H10O4S. The van der Waals surface area contributed by atoms with Crippen LogP contribution in [0.15, 0.2) is 0 Å². The van der Waals surface area contributed by atoms with Crippen molar-refractivity contribution in [3.8, 4) is 0 Å². The number of hydrogen-bond donors (Lipinski definition) is 0. The number of hydrogen-bond acceptors (Lipinski definition) is 4. The van der Waals surface area contributed by atoms with Gasteiger partial charge in [-0.1, -0.05) is 7.43 Å². The van der Waals surface area contributed by atoms with Gasteiger partial charge in [-0.2, -0.15) is 8.42 Å². The average molecular weight is 142 g/mol. The van der Waals surface area contributed by atoms with Crippen molar-refractivity contribution in [3.63, 3.8) is 0 Å². The first-order valence-electron chi connectivity index (χ1n) is 1.48. The molecule has 0 unspecified atom stereocenters. The summed E-state index contributed by atoms with van der Waals surface area (Å²) in [6.45, 7) is 0. The van der Waals surface area contributed by atoms with Gasteiger partial charge in [0.15, 0.2) is 0 Å². The zero-order valence-electron chi connectivity index (χ0n) is 4.04. The summed E-state index contributed by atoms with van der Waals surface area (Å²) in [5.74, 6) is 0. The molecule has 8 heavy (non-hydrogen) atoms. The van der Waals surface area contributed by atoms with Gasteiger partial charge in [-0.15, -0.1) is 0 Å². The molecule has 0 spiro atoms. The molecule has 0 radical (unpaired) electrons. The Hall–Kier alpha value is -0.130. The SMILES string of the molecule is C.COS(=O)(=O)OC. The second kappa shape index (κ2) is 3.82. The first kappa shape index (κ1) is 10.8. The molecule has 0 atom stereocenters. The topological polar surface area (TPSA) is 52.6 Å². The minimum atomic E-state index is -3.66. The third-order valence-corrected chi connectivity index (χ3v) is 1.22. The van der Waals surface area contributed by atoms with Crippen molar-refractivity contribution < 1.29 is 16.8 Å². The largest absolute Gasteiger partial charge is 0.399 e. The highest BCUT2D eigenvalue weighted by molar-refractivity contribution is 7.81. The molecule has 0 N–H and O–H groups in total. The van der Waals surface area contributed by atoms with Gasteiger partial charge in [0.1, 0.15) is 0 Å². The highest BCUT2D eigenvalue weighted by Crippen LogP contribution is 1.85. The third-order valence-electron chi connectivity index (χ3n) is 0.408. The van der Waals surface area contributed by atoms with E-state index in [0.29, 0.717) is 0 Å². The molecule has 0 aromatic rings. The Balaban J connectivity index is 0. The van der Waals surface area contributed by atoms with E-state index in [1.165, 1.54) is 0 Å². The summed E-state index contributed by atoms with van der Waals surface area (Å²) in [4.78, 5) is 0. The smallest absolute Gasteiger partial charge is 0.252 e. The van der Waals surface area contributed by atoms with Gasteiger partial charge < -0.3 is 0 Å². The maximum atomic E-state index is 9.92. The summed E-state index contributed by atoms with van der Waals surface area (Å²) in [5.41, 5.74) is 0. The van der Waals surface area contributed by atoms with Crippen molar-refractivity contribution in [3.05, 3.63) is 0 Å². The Labute approximate surface area is 49.7 Å². The molecule has 0 saturated heterocycles. The van der Waals surface area contributed by atoms with Gasteiger partial charge in [0.2, 0.25) is 0 Å². The summed E-state index contributed by atoms with van der Waals surface area (Å²) in [6, 6.07) is 0. The van der Waals surface area contributed by atoms with E-state index in [9.17, 15) is 8.42 Å². The van der Waals surface area contributed by atoms with Crippen LogP contribution >= 0.6 is 0 Å². The van der Waals surface area contributed by atoms with Crippen LogP contribution in [0.1, 0.15) is 7.43 Å². The van der Waals surface area contributed by atoms with E-state index in [0.717, 1.165) is 14.2 Å². The molecule has 4 nitrogen and oxygen atoms in total. The Morgan fingerprint density at radius 3 is 1.38 bits per heavy atom. The summed E-state index contributed by atoms with van der Waals surface area (Å²) < 4.78 is 27.5. The average Bonchev–Trinajstić information content (AvgIpc) is 1.68. The molecule has 5 heteroatoms. The van der Waals surface area contributed by atoms with E-state index < -0.39 is 10.4 Å². The van der Waals surface area contributed by atoms with Crippen LogP contribution in [-0.4, -0.2) is 22.6 Å². The predicted molar refractivity (Wildman–Crippen MR) is 29.7 cm³/mol. The van der Waals surface area contributed by atoms with Crippen LogP contribution < -0.4 is 0 Å². The van der Waals surface area contributed by atoms with Crippen molar-refractivity contribution in [2.45, 2.75) is 7.43 Å². The zero-order chi connectivity index (χ0) is 5.91. The first-order chi connectivity index (χ1) is 3.12. The normalized spacial score (nSPS) is 10.2. The minimum Gasteiger partial charge on any atom is -0.252 e. The molecular weight excluding hydrogens is 132 g/mol. The minimum absolute atomic E-state index is 0. The van der Waals surface area contributed by atoms with E-state index in [4.69, 9.17) is 0 Å². The van der Waals surface area contributed by atoms with E-state index >= 15 is 0 Å². The molecule has 0 amide bonds. The standard InChI is InChI=1S/C2H6O4S.CH4/c1-5-7(3,4)6-2;/h1-2H3;1H4. The van der Waals surface area contributed by atoms with E-state index in [2.05, 4.69) is 8.37 Å². The summed E-state index contributed by atoms with van der Waals surface area (Å²) in [5, 5.41) is 0. The second-order valence-corrected chi connectivity index (χ2v) is 2.22. The van der Waals surface area contributed by atoms with E-state index in [-0.39, 0.29) is 7.43 Å². The van der Waals surface area contributed by atoms with Gasteiger partial charge in [-0.3, -0.25) is 8.37 Å². The van der Waals surface area contributed by atoms with Crippen LogP contribution in [0.5, 0.6) is 0 Å². The van der Waals surface area contributed by atoms with Crippen LogP contribution in [0.2, 0.25) is 0 Å². The lowest BCUT2D eigenvalue weighted by molar-refractivity contribution is 0.286. The lowest BCUT2D eigenvalue weighted by Crippen LogP contribution is -2.02. The fourth-order valence-electron chi connectivity index (χ4n) is 0.0680. The fourth-order valence-corrected chi connectivity index (χ4v) is 0.204. The van der Waals surface area contributed by atoms with Crippen LogP contribution in [0.4, 0.5) is 0 Å². The van der Waals surface area contributed by atoms with Gasteiger partial charge in [-0.25, -0.2) is 0 Å². The van der Waals surface area contributed by atoms with Gasteiger partial charge in [-0.05, 0) is 0 Å². The maximum absolute atomic E-state index is 9.92. The lowest BCUT2D eigenvalue weighted by atomic mass is 11.8. The Morgan fingerprint density at radius 1 is 1.12 bits per heavy atom. The highest BCUT2D eigenvalue weighted by Gasteiger charge is 2.01. The molecule has 0 bridgehead atoms. The van der Waals surface area contributed by atoms with Crippen molar-refractivity contribution in [1.82, 2.24) is 0 Å². The molecule has 0 rings (SSSR count). The predicted octanol–water partition coefficient (Wildman–Crippen LogP) is 0.160. The van der Waals surface area contributed by atoms with Crippen LogP contribution in [0.25, 0.3) is 0 Å². The number of rotatable bonds is 2. The second-order valence-electron chi connectivity index (χ2n) is 0.742. The summed E-state index contributed by atoms with van der Waals surface area (Å²) in [6.07, 6.45) is 0. The molecule has 0 aromatic carbocycles. The third kappa shape index (κ3) is 4.04. The molecule has 0 aromatic heterocycles. The van der Waals surface area contributed by atoms with Crippen LogP contribution in [-0.2, 0) is 18.8 Å².